The van der Waals surface area contributed by atoms with E-state index >= 15 is 0 Å². The van der Waals surface area contributed by atoms with Crippen LogP contribution in [0.2, 0.25) is 0 Å². The Morgan fingerprint density at radius 2 is 1.67 bits per heavy atom. The Bertz CT molecular complexity index is 584. The second-order valence-corrected chi connectivity index (χ2v) is 5.17. The largest absolute Gasteiger partial charge is 0.329 e. The van der Waals surface area contributed by atoms with Crippen molar-refractivity contribution in [2.75, 3.05) is 13.6 Å². The first kappa shape index (κ1) is 15.6. The number of nitrogens with two attached hydrogens (primary N) is 1. The number of hydrogen-bond donors (Lipinski definition) is 1. The Morgan fingerprint density at radius 3 is 2.24 bits per heavy atom. The van der Waals surface area contributed by atoms with Gasteiger partial charge in [0, 0.05) is 24.2 Å². The predicted molar refractivity (Wildman–Crippen MR) is 80.8 cm³/mol. The average molecular weight is 290 g/mol. The van der Waals surface area contributed by atoms with E-state index in [1.807, 2.05) is 24.9 Å². The topological polar surface area (TPSA) is 29.3 Å². The first-order valence-electron chi connectivity index (χ1n) is 6.96. The summed E-state index contributed by atoms with van der Waals surface area (Å²) in [5.74, 6) is -0.508. The highest BCUT2D eigenvalue weighted by molar-refractivity contribution is 5.24. The summed E-state index contributed by atoms with van der Waals surface area (Å²) in [5, 5.41) is 0. The maximum atomic E-state index is 13.9. The summed E-state index contributed by atoms with van der Waals surface area (Å²) in [6.07, 6.45) is 0. The van der Waals surface area contributed by atoms with Gasteiger partial charge < -0.3 is 5.73 Å². The highest BCUT2D eigenvalue weighted by atomic mass is 19.1. The molecule has 0 heterocycles. The molecule has 2 unspecified atom stereocenters. The fraction of sp³-hybridized carbons (Fsp3) is 0.294. The molecule has 0 aliphatic carbocycles. The van der Waals surface area contributed by atoms with Gasteiger partial charge in [0.05, 0.1) is 0 Å². The molecule has 0 bridgehead atoms. The normalized spacial score (nSPS) is 14.2. The standard InChI is InChI=1S/C17H20F2N2/c1-12(15-5-3-4-6-16(15)19)21(2)17(11-20)13-7-9-14(18)10-8-13/h3-10,12,17H,11,20H2,1-2H3. The molecule has 112 valence electrons. The summed E-state index contributed by atoms with van der Waals surface area (Å²) >= 11 is 0. The van der Waals surface area contributed by atoms with E-state index in [2.05, 4.69) is 0 Å². The summed E-state index contributed by atoms with van der Waals surface area (Å²) in [5.41, 5.74) is 7.41. The monoisotopic (exact) mass is 290 g/mol. The number of likely N-dealkylation sites (N-methyl/N-ethyl adjacent to an activating group) is 1. The van der Waals surface area contributed by atoms with Crippen LogP contribution in [0.1, 0.15) is 30.1 Å². The van der Waals surface area contributed by atoms with E-state index in [9.17, 15) is 8.78 Å². The Morgan fingerprint density at radius 1 is 1.05 bits per heavy atom. The molecule has 2 nitrogen and oxygen atoms in total. The summed E-state index contributed by atoms with van der Waals surface area (Å²) in [4.78, 5) is 2.01. The van der Waals surface area contributed by atoms with Gasteiger partial charge in [-0.3, -0.25) is 4.90 Å². The van der Waals surface area contributed by atoms with Crippen molar-refractivity contribution in [2.24, 2.45) is 5.73 Å². The van der Waals surface area contributed by atoms with Crippen LogP contribution in [0.25, 0.3) is 0 Å². The molecule has 2 aromatic rings. The number of hydrogen-bond acceptors (Lipinski definition) is 2. The van der Waals surface area contributed by atoms with Crippen LogP contribution in [0.15, 0.2) is 48.5 Å². The Kier molecular flexibility index (Phi) is 5.04. The van der Waals surface area contributed by atoms with Gasteiger partial charge in [0.25, 0.3) is 0 Å². The molecule has 2 rings (SSSR count). The second kappa shape index (κ2) is 6.78. The molecular formula is C17H20F2N2. The zero-order valence-corrected chi connectivity index (χ0v) is 12.3. The van der Waals surface area contributed by atoms with Crippen molar-refractivity contribution in [3.05, 3.63) is 71.3 Å². The van der Waals surface area contributed by atoms with Crippen molar-refractivity contribution in [1.82, 2.24) is 4.90 Å². The van der Waals surface area contributed by atoms with Gasteiger partial charge >= 0.3 is 0 Å². The molecule has 0 aliphatic rings. The summed E-state index contributed by atoms with van der Waals surface area (Å²) in [6, 6.07) is 12.8. The van der Waals surface area contributed by atoms with E-state index in [1.54, 1.807) is 24.3 Å². The molecule has 0 spiro atoms. The lowest BCUT2D eigenvalue weighted by atomic mass is 10.0. The third kappa shape index (κ3) is 3.46. The summed E-state index contributed by atoms with van der Waals surface area (Å²) in [7, 11) is 1.90. The fourth-order valence-electron chi connectivity index (χ4n) is 2.53. The third-order valence-electron chi connectivity index (χ3n) is 3.94. The lowest BCUT2D eigenvalue weighted by Gasteiger charge is -2.33. The number of halogens is 2. The average Bonchev–Trinajstić information content (AvgIpc) is 2.49. The van der Waals surface area contributed by atoms with Crippen LogP contribution in [0.4, 0.5) is 8.78 Å². The van der Waals surface area contributed by atoms with E-state index in [-0.39, 0.29) is 23.7 Å². The van der Waals surface area contributed by atoms with Gasteiger partial charge in [0.15, 0.2) is 0 Å². The molecular weight excluding hydrogens is 270 g/mol. The fourth-order valence-corrected chi connectivity index (χ4v) is 2.53. The van der Waals surface area contributed by atoms with Crippen molar-refractivity contribution in [1.29, 1.82) is 0 Å². The quantitative estimate of drug-likeness (QED) is 0.910. The highest BCUT2D eigenvalue weighted by Crippen LogP contribution is 2.29. The molecule has 0 fully saturated rings. The van der Waals surface area contributed by atoms with E-state index in [0.717, 1.165) is 5.56 Å². The second-order valence-electron chi connectivity index (χ2n) is 5.17. The van der Waals surface area contributed by atoms with Crippen LogP contribution in [-0.4, -0.2) is 18.5 Å². The zero-order chi connectivity index (χ0) is 15.4. The minimum atomic E-state index is -0.278. The van der Waals surface area contributed by atoms with Crippen LogP contribution >= 0.6 is 0 Å². The first-order valence-corrected chi connectivity index (χ1v) is 6.96. The lowest BCUT2D eigenvalue weighted by Crippen LogP contribution is -2.33. The summed E-state index contributed by atoms with van der Waals surface area (Å²) < 4.78 is 27.0. The van der Waals surface area contributed by atoms with Crippen molar-refractivity contribution in [2.45, 2.75) is 19.0 Å². The first-order chi connectivity index (χ1) is 10.0. The minimum absolute atomic E-state index is 0.0970. The van der Waals surface area contributed by atoms with Gasteiger partial charge in [-0.15, -0.1) is 0 Å². The van der Waals surface area contributed by atoms with Gasteiger partial charge in [-0.05, 0) is 37.7 Å². The van der Waals surface area contributed by atoms with Gasteiger partial charge in [-0.2, -0.15) is 0 Å². The Labute approximate surface area is 124 Å². The van der Waals surface area contributed by atoms with Gasteiger partial charge in [0.1, 0.15) is 11.6 Å². The van der Waals surface area contributed by atoms with E-state index in [0.29, 0.717) is 12.1 Å². The van der Waals surface area contributed by atoms with Crippen LogP contribution < -0.4 is 5.73 Å². The van der Waals surface area contributed by atoms with E-state index in [4.69, 9.17) is 5.73 Å². The highest BCUT2D eigenvalue weighted by Gasteiger charge is 2.23. The molecule has 2 N–H and O–H groups in total. The molecule has 4 heteroatoms. The molecule has 0 saturated heterocycles. The maximum Gasteiger partial charge on any atom is 0.127 e. The molecule has 0 aromatic heterocycles. The SMILES string of the molecule is CC(c1ccccc1F)N(C)C(CN)c1ccc(F)cc1. The number of benzene rings is 2. The lowest BCUT2D eigenvalue weighted by molar-refractivity contribution is 0.187. The summed E-state index contributed by atoms with van der Waals surface area (Å²) in [6.45, 7) is 2.31. The van der Waals surface area contributed by atoms with Crippen LogP contribution in [-0.2, 0) is 0 Å². The molecule has 2 aromatic carbocycles. The van der Waals surface area contributed by atoms with Crippen molar-refractivity contribution in [3.63, 3.8) is 0 Å². The van der Waals surface area contributed by atoms with Crippen LogP contribution in [0, 0.1) is 11.6 Å². The molecule has 0 saturated carbocycles. The van der Waals surface area contributed by atoms with Crippen molar-refractivity contribution in [3.8, 4) is 0 Å². The zero-order valence-electron chi connectivity index (χ0n) is 12.3. The van der Waals surface area contributed by atoms with Crippen LogP contribution in [0.3, 0.4) is 0 Å². The number of rotatable bonds is 5. The van der Waals surface area contributed by atoms with Crippen molar-refractivity contribution >= 4 is 0 Å². The Balaban J connectivity index is 2.25. The predicted octanol–water partition coefficient (Wildman–Crippen LogP) is 3.66. The molecule has 0 aliphatic heterocycles. The molecule has 0 radical (unpaired) electrons. The van der Waals surface area contributed by atoms with E-state index < -0.39 is 0 Å². The third-order valence-corrected chi connectivity index (χ3v) is 3.94. The maximum absolute atomic E-state index is 13.9. The van der Waals surface area contributed by atoms with Gasteiger partial charge in [-0.1, -0.05) is 30.3 Å². The van der Waals surface area contributed by atoms with Gasteiger partial charge in [-0.25, -0.2) is 8.78 Å². The van der Waals surface area contributed by atoms with Crippen LogP contribution in [0.5, 0.6) is 0 Å². The molecule has 2 atom stereocenters. The van der Waals surface area contributed by atoms with Crippen molar-refractivity contribution < 1.29 is 8.78 Å². The molecule has 0 amide bonds. The smallest absolute Gasteiger partial charge is 0.127 e. The number of nitrogens with zero attached hydrogens (tertiary/aromatic N) is 1. The van der Waals surface area contributed by atoms with E-state index in [1.165, 1.54) is 18.2 Å². The molecule has 21 heavy (non-hydrogen) atoms. The van der Waals surface area contributed by atoms with Gasteiger partial charge in [0.2, 0.25) is 0 Å². The Hall–Kier alpha value is -1.78. The minimum Gasteiger partial charge on any atom is -0.329 e.